The van der Waals surface area contributed by atoms with Gasteiger partial charge in [-0.25, -0.2) is 0 Å². The molecular formula is C8H14ClNO2. The average Bonchev–Trinajstić information content (AvgIpc) is 2.56. The molecule has 0 bridgehead atoms. The van der Waals surface area contributed by atoms with Crippen LogP contribution in [0.3, 0.4) is 0 Å². The highest BCUT2D eigenvalue weighted by Gasteiger charge is 2.22. The number of hydrogen-bond donors (Lipinski definition) is 1. The van der Waals surface area contributed by atoms with Gasteiger partial charge in [0.05, 0.1) is 0 Å². The summed E-state index contributed by atoms with van der Waals surface area (Å²) < 4.78 is 5.20. The van der Waals surface area contributed by atoms with Crippen LogP contribution in [-0.2, 0) is 9.53 Å². The molecule has 1 aliphatic heterocycles. The van der Waals surface area contributed by atoms with E-state index in [1.807, 2.05) is 0 Å². The zero-order valence-electron chi connectivity index (χ0n) is 7.01. The highest BCUT2D eigenvalue weighted by Crippen LogP contribution is 2.11. The number of carbonyl (C=O) groups is 1. The van der Waals surface area contributed by atoms with E-state index in [1.165, 1.54) is 0 Å². The zero-order valence-corrected chi connectivity index (χ0v) is 7.77. The summed E-state index contributed by atoms with van der Waals surface area (Å²) >= 11 is 5.46. The van der Waals surface area contributed by atoms with Crippen LogP contribution in [0.5, 0.6) is 0 Å². The Hall–Kier alpha value is -0.280. The van der Waals surface area contributed by atoms with Crippen LogP contribution in [0.25, 0.3) is 0 Å². The quantitative estimate of drug-likeness (QED) is 0.530. The number of ether oxygens (including phenoxy) is 1. The lowest BCUT2D eigenvalue weighted by Gasteiger charge is -2.08. The normalized spacial score (nSPS) is 22.6. The fourth-order valence-electron chi connectivity index (χ4n) is 1.18. The van der Waals surface area contributed by atoms with Crippen LogP contribution in [0, 0.1) is 0 Å². The van der Waals surface area contributed by atoms with Gasteiger partial charge in [-0.05, 0) is 19.3 Å². The van der Waals surface area contributed by atoms with Crippen LogP contribution in [0.15, 0.2) is 0 Å². The predicted molar refractivity (Wildman–Crippen MR) is 47.3 cm³/mol. The summed E-state index contributed by atoms with van der Waals surface area (Å²) in [5, 5.41) is 2.78. The van der Waals surface area contributed by atoms with Gasteiger partial charge in [0.15, 0.2) is 0 Å². The lowest BCUT2D eigenvalue weighted by atomic mass is 10.2. The molecule has 1 heterocycles. The molecule has 4 heteroatoms. The van der Waals surface area contributed by atoms with Gasteiger partial charge in [0.25, 0.3) is 0 Å². The van der Waals surface area contributed by atoms with E-state index in [0.29, 0.717) is 19.0 Å². The molecular weight excluding hydrogens is 178 g/mol. The van der Waals surface area contributed by atoms with E-state index in [1.54, 1.807) is 0 Å². The van der Waals surface area contributed by atoms with E-state index in [2.05, 4.69) is 5.32 Å². The summed E-state index contributed by atoms with van der Waals surface area (Å²) in [6.07, 6.45) is 2.46. The van der Waals surface area contributed by atoms with Gasteiger partial charge in [0.2, 0.25) is 5.91 Å². The fraction of sp³-hybridized carbons (Fsp3) is 0.875. The Labute approximate surface area is 77.4 Å². The molecule has 0 unspecified atom stereocenters. The van der Waals surface area contributed by atoms with Crippen molar-refractivity contribution in [3.8, 4) is 0 Å². The van der Waals surface area contributed by atoms with Crippen LogP contribution in [0.4, 0.5) is 0 Å². The molecule has 1 atom stereocenters. The maximum atomic E-state index is 11.2. The zero-order chi connectivity index (χ0) is 8.81. The van der Waals surface area contributed by atoms with Gasteiger partial charge in [-0.1, -0.05) is 0 Å². The third kappa shape index (κ3) is 2.99. The van der Waals surface area contributed by atoms with Crippen molar-refractivity contribution in [1.29, 1.82) is 0 Å². The minimum Gasteiger partial charge on any atom is -0.368 e. The molecule has 0 aromatic rings. The third-order valence-electron chi connectivity index (χ3n) is 1.83. The molecule has 1 rings (SSSR count). The van der Waals surface area contributed by atoms with Crippen molar-refractivity contribution in [1.82, 2.24) is 5.32 Å². The Morgan fingerprint density at radius 2 is 2.50 bits per heavy atom. The lowest BCUT2D eigenvalue weighted by Crippen LogP contribution is -2.34. The summed E-state index contributed by atoms with van der Waals surface area (Å²) in [4.78, 5) is 11.2. The first-order valence-electron chi connectivity index (χ1n) is 4.30. The molecule has 0 spiro atoms. The standard InChI is InChI=1S/C8H14ClNO2/c9-4-2-5-10-8(11)7-3-1-6-12-7/h7H,1-6H2,(H,10,11)/t7-/m1/s1. The first kappa shape index (κ1) is 9.81. The van der Waals surface area contributed by atoms with Crippen molar-refractivity contribution >= 4 is 17.5 Å². The number of amides is 1. The highest BCUT2D eigenvalue weighted by atomic mass is 35.5. The monoisotopic (exact) mass is 191 g/mol. The molecule has 1 aliphatic rings. The van der Waals surface area contributed by atoms with Crippen LogP contribution in [0.2, 0.25) is 0 Å². The molecule has 1 saturated heterocycles. The Kier molecular flexibility index (Phi) is 4.40. The molecule has 3 nitrogen and oxygen atoms in total. The van der Waals surface area contributed by atoms with E-state index in [9.17, 15) is 4.79 Å². The minimum atomic E-state index is -0.208. The Bertz CT molecular complexity index is 146. The first-order chi connectivity index (χ1) is 5.84. The van der Waals surface area contributed by atoms with E-state index in [-0.39, 0.29) is 12.0 Å². The summed E-state index contributed by atoms with van der Waals surface area (Å²) in [5.74, 6) is 0.601. The Balaban J connectivity index is 2.10. The number of nitrogens with one attached hydrogen (secondary N) is 1. The van der Waals surface area contributed by atoms with Gasteiger partial charge in [0, 0.05) is 19.0 Å². The Morgan fingerprint density at radius 3 is 3.08 bits per heavy atom. The van der Waals surface area contributed by atoms with Crippen LogP contribution >= 0.6 is 11.6 Å². The molecule has 70 valence electrons. The van der Waals surface area contributed by atoms with Gasteiger partial charge in [-0.3, -0.25) is 4.79 Å². The lowest BCUT2D eigenvalue weighted by molar-refractivity contribution is -0.130. The molecule has 1 fully saturated rings. The number of carbonyl (C=O) groups excluding carboxylic acids is 1. The average molecular weight is 192 g/mol. The number of halogens is 1. The van der Waals surface area contributed by atoms with Gasteiger partial charge >= 0.3 is 0 Å². The molecule has 0 aromatic carbocycles. The summed E-state index contributed by atoms with van der Waals surface area (Å²) in [6.45, 7) is 1.37. The first-order valence-corrected chi connectivity index (χ1v) is 4.83. The SMILES string of the molecule is O=C(NCCCCl)[C@H]1CCCO1. The minimum absolute atomic E-state index is 0.0117. The third-order valence-corrected chi connectivity index (χ3v) is 2.10. The van der Waals surface area contributed by atoms with Crippen molar-refractivity contribution in [2.45, 2.75) is 25.4 Å². The van der Waals surface area contributed by atoms with E-state index >= 15 is 0 Å². The maximum Gasteiger partial charge on any atom is 0.249 e. The molecule has 12 heavy (non-hydrogen) atoms. The molecule has 0 aromatic heterocycles. The topological polar surface area (TPSA) is 38.3 Å². The van der Waals surface area contributed by atoms with Crippen LogP contribution in [0.1, 0.15) is 19.3 Å². The summed E-state index contributed by atoms with van der Waals surface area (Å²) in [5.41, 5.74) is 0. The van der Waals surface area contributed by atoms with Crippen molar-refractivity contribution in [3.63, 3.8) is 0 Å². The van der Waals surface area contributed by atoms with Gasteiger partial charge in [-0.15, -0.1) is 11.6 Å². The molecule has 1 N–H and O–H groups in total. The summed E-state index contributed by atoms with van der Waals surface area (Å²) in [7, 11) is 0. The largest absolute Gasteiger partial charge is 0.368 e. The smallest absolute Gasteiger partial charge is 0.249 e. The maximum absolute atomic E-state index is 11.2. The molecule has 0 aliphatic carbocycles. The number of hydrogen-bond acceptors (Lipinski definition) is 2. The van der Waals surface area contributed by atoms with Crippen molar-refractivity contribution in [3.05, 3.63) is 0 Å². The molecule has 0 saturated carbocycles. The van der Waals surface area contributed by atoms with Gasteiger partial charge < -0.3 is 10.1 Å². The fourth-order valence-corrected chi connectivity index (χ4v) is 1.31. The number of alkyl halides is 1. The van der Waals surface area contributed by atoms with Crippen LogP contribution in [-0.4, -0.2) is 31.0 Å². The molecule has 0 radical (unpaired) electrons. The second-order valence-electron chi connectivity index (χ2n) is 2.84. The van der Waals surface area contributed by atoms with Crippen LogP contribution < -0.4 is 5.32 Å². The van der Waals surface area contributed by atoms with E-state index in [0.717, 1.165) is 19.3 Å². The second-order valence-corrected chi connectivity index (χ2v) is 3.21. The van der Waals surface area contributed by atoms with Gasteiger partial charge in [0.1, 0.15) is 6.10 Å². The van der Waals surface area contributed by atoms with E-state index < -0.39 is 0 Å². The molecule has 1 amide bonds. The van der Waals surface area contributed by atoms with Crippen molar-refractivity contribution < 1.29 is 9.53 Å². The van der Waals surface area contributed by atoms with Crippen molar-refractivity contribution in [2.75, 3.05) is 19.0 Å². The number of rotatable bonds is 4. The van der Waals surface area contributed by atoms with E-state index in [4.69, 9.17) is 16.3 Å². The highest BCUT2D eigenvalue weighted by molar-refractivity contribution is 6.17. The van der Waals surface area contributed by atoms with Gasteiger partial charge in [-0.2, -0.15) is 0 Å². The summed E-state index contributed by atoms with van der Waals surface area (Å²) in [6, 6.07) is 0. The predicted octanol–water partition coefficient (Wildman–Crippen LogP) is 0.910. The van der Waals surface area contributed by atoms with Crippen molar-refractivity contribution in [2.24, 2.45) is 0 Å². The Morgan fingerprint density at radius 1 is 1.67 bits per heavy atom. The second kappa shape index (κ2) is 5.38.